The van der Waals surface area contributed by atoms with Gasteiger partial charge in [0.05, 0.1) is 0 Å². The molecule has 1 aliphatic heterocycles. The van der Waals surface area contributed by atoms with Gasteiger partial charge in [0, 0.05) is 35.8 Å². The number of aromatic nitrogens is 1. The van der Waals surface area contributed by atoms with Crippen molar-refractivity contribution < 1.29 is 0 Å². The van der Waals surface area contributed by atoms with Gasteiger partial charge in [0.15, 0.2) is 0 Å². The zero-order valence-electron chi connectivity index (χ0n) is 13.5. The van der Waals surface area contributed by atoms with Crippen molar-refractivity contribution in [3.05, 3.63) is 47.8 Å². The smallest absolute Gasteiger partial charge is 0.141 e. The average Bonchev–Trinajstić information content (AvgIpc) is 3.08. The zero-order valence-corrected chi connectivity index (χ0v) is 13.5. The Morgan fingerprint density at radius 2 is 1.83 bits per heavy atom. The van der Waals surface area contributed by atoms with Crippen molar-refractivity contribution in [3.63, 3.8) is 0 Å². The minimum Gasteiger partial charge on any atom is -0.398 e. The van der Waals surface area contributed by atoms with Crippen molar-refractivity contribution in [1.29, 1.82) is 10.8 Å². The van der Waals surface area contributed by atoms with E-state index in [2.05, 4.69) is 16.0 Å². The van der Waals surface area contributed by atoms with E-state index >= 15 is 0 Å². The summed E-state index contributed by atoms with van der Waals surface area (Å²) in [5, 5.41) is 15.4. The molecule has 2 aromatic rings. The van der Waals surface area contributed by atoms with E-state index in [0.717, 1.165) is 30.8 Å². The van der Waals surface area contributed by atoms with Gasteiger partial charge in [-0.1, -0.05) is 6.07 Å². The summed E-state index contributed by atoms with van der Waals surface area (Å²) >= 11 is 0. The number of rotatable bonds is 5. The van der Waals surface area contributed by atoms with Crippen LogP contribution in [0.2, 0.25) is 0 Å². The standard InChI is InChI=1S/C18H22N6/c19-16-4-3-13(8-15(16)17(20)18(21)22)14-7-12(9-23-10-14)11-24-5-1-2-6-24/h3-4,7-10,20H,1-2,5-6,11,19H2,(H3,21,22). The summed E-state index contributed by atoms with van der Waals surface area (Å²) < 4.78 is 0. The van der Waals surface area contributed by atoms with E-state index in [4.69, 9.17) is 22.3 Å². The maximum atomic E-state index is 7.92. The lowest BCUT2D eigenvalue weighted by atomic mass is 9.99. The lowest BCUT2D eigenvalue weighted by molar-refractivity contribution is 0.331. The maximum Gasteiger partial charge on any atom is 0.141 e. The van der Waals surface area contributed by atoms with Crippen molar-refractivity contribution in [2.45, 2.75) is 19.4 Å². The summed E-state index contributed by atoms with van der Waals surface area (Å²) in [5.41, 5.74) is 15.3. The first-order valence-corrected chi connectivity index (χ1v) is 8.04. The SMILES string of the molecule is N=C(N)C(=N)c1cc(-c2cncc(CN3CCCC3)c2)ccc1N. The number of nitrogen functional groups attached to an aromatic ring is 1. The number of amidine groups is 1. The van der Waals surface area contributed by atoms with E-state index in [1.807, 2.05) is 12.3 Å². The molecule has 0 radical (unpaired) electrons. The number of likely N-dealkylation sites (tertiary alicyclic amines) is 1. The molecule has 1 aromatic carbocycles. The number of nitrogens with zero attached hydrogens (tertiary/aromatic N) is 2. The van der Waals surface area contributed by atoms with Crippen LogP contribution in [0.3, 0.4) is 0 Å². The third kappa shape index (κ3) is 3.44. The van der Waals surface area contributed by atoms with Gasteiger partial charge in [-0.2, -0.15) is 0 Å². The highest BCUT2D eigenvalue weighted by molar-refractivity contribution is 6.45. The molecule has 1 fully saturated rings. The van der Waals surface area contributed by atoms with Gasteiger partial charge in [-0.25, -0.2) is 0 Å². The van der Waals surface area contributed by atoms with Crippen LogP contribution in [0.25, 0.3) is 11.1 Å². The third-order valence-corrected chi connectivity index (χ3v) is 4.33. The summed E-state index contributed by atoms with van der Waals surface area (Å²) in [4.78, 5) is 6.79. The number of hydrogen-bond donors (Lipinski definition) is 4. The average molecular weight is 322 g/mol. The molecule has 1 aromatic heterocycles. The van der Waals surface area contributed by atoms with E-state index in [1.54, 1.807) is 18.3 Å². The minimum absolute atomic E-state index is 0.0597. The lowest BCUT2D eigenvalue weighted by Gasteiger charge is -2.15. The summed E-state index contributed by atoms with van der Waals surface area (Å²) in [5.74, 6) is -0.292. The quantitative estimate of drug-likeness (QED) is 0.384. The predicted octanol–water partition coefficient (Wildman–Crippen LogP) is 2.23. The van der Waals surface area contributed by atoms with Gasteiger partial charge in [-0.3, -0.25) is 20.7 Å². The van der Waals surface area contributed by atoms with Gasteiger partial charge < -0.3 is 11.5 Å². The lowest BCUT2D eigenvalue weighted by Crippen LogP contribution is -2.23. The first kappa shape index (κ1) is 16.1. The summed E-state index contributed by atoms with van der Waals surface area (Å²) in [6.45, 7) is 3.20. The largest absolute Gasteiger partial charge is 0.398 e. The van der Waals surface area contributed by atoms with E-state index < -0.39 is 0 Å². The van der Waals surface area contributed by atoms with Crippen LogP contribution >= 0.6 is 0 Å². The Hall–Kier alpha value is -2.73. The van der Waals surface area contributed by atoms with Crippen LogP contribution in [0.5, 0.6) is 0 Å². The first-order valence-electron chi connectivity index (χ1n) is 8.04. The van der Waals surface area contributed by atoms with Crippen LogP contribution in [0.15, 0.2) is 36.7 Å². The Morgan fingerprint density at radius 3 is 2.54 bits per heavy atom. The predicted molar refractivity (Wildman–Crippen MR) is 97.3 cm³/mol. The third-order valence-electron chi connectivity index (χ3n) is 4.33. The number of anilines is 1. The normalized spacial score (nSPS) is 14.7. The fraction of sp³-hybridized carbons (Fsp3) is 0.278. The Balaban J connectivity index is 1.89. The first-order chi connectivity index (χ1) is 11.5. The Labute approximate surface area is 141 Å². The summed E-state index contributed by atoms with van der Waals surface area (Å²) in [7, 11) is 0. The molecule has 6 N–H and O–H groups in total. The van der Waals surface area contributed by atoms with Crippen LogP contribution in [0, 0.1) is 10.8 Å². The van der Waals surface area contributed by atoms with E-state index in [1.165, 1.54) is 18.4 Å². The molecule has 0 bridgehead atoms. The Kier molecular flexibility index (Phi) is 4.57. The highest BCUT2D eigenvalue weighted by Crippen LogP contribution is 2.25. The van der Waals surface area contributed by atoms with Gasteiger partial charge in [-0.05, 0) is 55.3 Å². The second-order valence-corrected chi connectivity index (χ2v) is 6.16. The van der Waals surface area contributed by atoms with Crippen molar-refractivity contribution in [2.24, 2.45) is 5.73 Å². The molecule has 3 rings (SSSR count). The molecule has 124 valence electrons. The maximum absolute atomic E-state index is 7.92. The monoisotopic (exact) mass is 322 g/mol. The topological polar surface area (TPSA) is 116 Å². The molecule has 0 atom stereocenters. The number of nitrogens with one attached hydrogen (secondary N) is 2. The van der Waals surface area contributed by atoms with Crippen LogP contribution in [0.1, 0.15) is 24.0 Å². The molecule has 0 amide bonds. The Bertz CT molecular complexity index is 777. The molecular weight excluding hydrogens is 300 g/mol. The molecule has 0 saturated carbocycles. The summed E-state index contributed by atoms with van der Waals surface area (Å²) in [6, 6.07) is 7.58. The van der Waals surface area contributed by atoms with Crippen LogP contribution in [-0.4, -0.2) is 34.5 Å². The van der Waals surface area contributed by atoms with Gasteiger partial charge in [0.2, 0.25) is 0 Å². The molecule has 0 unspecified atom stereocenters. The van der Waals surface area contributed by atoms with Gasteiger partial charge in [0.1, 0.15) is 11.5 Å². The Morgan fingerprint density at radius 1 is 1.08 bits per heavy atom. The molecule has 6 nitrogen and oxygen atoms in total. The zero-order chi connectivity index (χ0) is 17.1. The molecular formula is C18H22N6. The number of hydrogen-bond acceptors (Lipinski definition) is 5. The summed E-state index contributed by atoms with van der Waals surface area (Å²) in [6.07, 6.45) is 6.24. The van der Waals surface area contributed by atoms with E-state index in [0.29, 0.717) is 11.3 Å². The molecule has 2 heterocycles. The van der Waals surface area contributed by atoms with Crippen molar-refractivity contribution in [1.82, 2.24) is 9.88 Å². The van der Waals surface area contributed by atoms with Gasteiger partial charge >= 0.3 is 0 Å². The number of nitrogens with two attached hydrogens (primary N) is 2. The van der Waals surface area contributed by atoms with Crippen LogP contribution in [-0.2, 0) is 6.54 Å². The van der Waals surface area contributed by atoms with E-state index in [-0.39, 0.29) is 11.5 Å². The fourth-order valence-corrected chi connectivity index (χ4v) is 3.03. The fourth-order valence-electron chi connectivity index (χ4n) is 3.03. The second-order valence-electron chi connectivity index (χ2n) is 6.16. The minimum atomic E-state index is -0.292. The molecule has 0 aliphatic carbocycles. The number of benzene rings is 1. The van der Waals surface area contributed by atoms with Gasteiger partial charge in [0.25, 0.3) is 0 Å². The highest BCUT2D eigenvalue weighted by Gasteiger charge is 2.13. The van der Waals surface area contributed by atoms with E-state index in [9.17, 15) is 0 Å². The number of pyridine rings is 1. The molecule has 1 aliphatic rings. The van der Waals surface area contributed by atoms with Crippen molar-refractivity contribution >= 4 is 17.2 Å². The second kappa shape index (κ2) is 6.80. The van der Waals surface area contributed by atoms with Crippen molar-refractivity contribution in [2.75, 3.05) is 18.8 Å². The molecule has 24 heavy (non-hydrogen) atoms. The molecule has 0 spiro atoms. The molecule has 1 saturated heterocycles. The highest BCUT2D eigenvalue weighted by atomic mass is 15.1. The van der Waals surface area contributed by atoms with Crippen LogP contribution < -0.4 is 11.5 Å². The van der Waals surface area contributed by atoms with Gasteiger partial charge in [-0.15, -0.1) is 0 Å². The van der Waals surface area contributed by atoms with Crippen molar-refractivity contribution in [3.8, 4) is 11.1 Å². The van der Waals surface area contributed by atoms with Crippen LogP contribution in [0.4, 0.5) is 5.69 Å². The molecule has 6 heteroatoms.